The van der Waals surface area contributed by atoms with Gasteiger partial charge in [0.05, 0.1) is 23.6 Å². The van der Waals surface area contributed by atoms with Crippen molar-refractivity contribution in [2.75, 3.05) is 25.5 Å². The number of anilines is 1. The second-order valence-corrected chi connectivity index (χ2v) is 13.2. The first-order chi connectivity index (χ1) is 21.0. The van der Waals surface area contributed by atoms with Crippen LogP contribution in [-0.2, 0) is 34.3 Å². The van der Waals surface area contributed by atoms with Crippen LogP contribution in [0.2, 0.25) is 0 Å². The number of benzene rings is 2. The summed E-state index contributed by atoms with van der Waals surface area (Å²) in [6.45, 7) is 6.19. The topological polar surface area (TPSA) is 154 Å². The van der Waals surface area contributed by atoms with Crippen LogP contribution in [0.3, 0.4) is 0 Å². The monoisotopic (exact) mass is 641 g/mol. The van der Waals surface area contributed by atoms with Crippen LogP contribution in [0.15, 0.2) is 59.5 Å². The van der Waals surface area contributed by atoms with Gasteiger partial charge in [-0.15, -0.1) is 11.3 Å². The molecule has 2 aromatic carbocycles. The number of thiophene rings is 1. The molecule has 0 spiro atoms. The summed E-state index contributed by atoms with van der Waals surface area (Å²) in [5, 5.41) is 7.53. The largest absolute Gasteiger partial charge is 0.450 e. The molecule has 0 fully saturated rings. The lowest BCUT2D eigenvalue weighted by Gasteiger charge is -2.26. The normalized spacial score (nSPS) is 12.9. The SMILES string of the molecule is CCOC(=O)N1CCc2c(sc(NC(=O)c3ccc(S(=O)(=O)N(Cc4ccccc4)C(C)C)cc3)c2C(=O)NC(=O)NC)C1. The Hall–Kier alpha value is -4.27. The minimum Gasteiger partial charge on any atom is -0.450 e. The fraction of sp³-hybridized carbons (Fsp3) is 0.333. The predicted molar refractivity (Wildman–Crippen MR) is 166 cm³/mol. The molecule has 0 bridgehead atoms. The zero-order valence-corrected chi connectivity index (χ0v) is 26.5. The molecule has 3 N–H and O–H groups in total. The molecule has 1 aliphatic rings. The smallest absolute Gasteiger partial charge is 0.410 e. The first-order valence-corrected chi connectivity index (χ1v) is 16.3. The molecule has 0 aliphatic carbocycles. The lowest BCUT2D eigenvalue weighted by atomic mass is 10.0. The van der Waals surface area contributed by atoms with E-state index in [-0.39, 0.29) is 46.8 Å². The van der Waals surface area contributed by atoms with Gasteiger partial charge in [-0.25, -0.2) is 18.0 Å². The van der Waals surface area contributed by atoms with Crippen molar-refractivity contribution in [2.24, 2.45) is 0 Å². The van der Waals surface area contributed by atoms with Gasteiger partial charge >= 0.3 is 12.1 Å². The van der Waals surface area contributed by atoms with Gasteiger partial charge in [-0.2, -0.15) is 4.31 Å². The molecule has 234 valence electrons. The highest BCUT2D eigenvalue weighted by Gasteiger charge is 2.32. The molecule has 0 unspecified atom stereocenters. The summed E-state index contributed by atoms with van der Waals surface area (Å²) in [5.74, 6) is -1.27. The molecular formula is C30H35N5O7S2. The quantitative estimate of drug-likeness (QED) is 0.317. The van der Waals surface area contributed by atoms with Crippen LogP contribution in [0.25, 0.3) is 0 Å². The van der Waals surface area contributed by atoms with E-state index in [0.29, 0.717) is 23.4 Å². The van der Waals surface area contributed by atoms with E-state index in [1.165, 1.54) is 40.5 Å². The number of nitrogens with zero attached hydrogens (tertiary/aromatic N) is 2. The molecule has 1 aliphatic heterocycles. The van der Waals surface area contributed by atoms with E-state index in [1.807, 2.05) is 30.3 Å². The summed E-state index contributed by atoms with van der Waals surface area (Å²) in [7, 11) is -2.51. The molecule has 2 heterocycles. The number of nitrogens with one attached hydrogen (secondary N) is 3. The summed E-state index contributed by atoms with van der Waals surface area (Å²) < 4.78 is 33.5. The van der Waals surface area contributed by atoms with E-state index in [1.54, 1.807) is 20.8 Å². The maximum absolute atomic E-state index is 13.5. The van der Waals surface area contributed by atoms with Crippen LogP contribution in [-0.4, -0.2) is 67.8 Å². The average molecular weight is 642 g/mol. The number of fused-ring (bicyclic) bond motifs is 1. The molecule has 0 radical (unpaired) electrons. The third-order valence-electron chi connectivity index (χ3n) is 6.97. The number of hydrogen-bond donors (Lipinski definition) is 3. The first kappa shape index (κ1) is 32.6. The van der Waals surface area contributed by atoms with Gasteiger partial charge in [-0.3, -0.25) is 14.9 Å². The number of ether oxygens (including phenoxy) is 1. The van der Waals surface area contributed by atoms with Gasteiger partial charge in [0, 0.05) is 36.6 Å². The van der Waals surface area contributed by atoms with Crippen LogP contribution in [0.4, 0.5) is 14.6 Å². The molecular weight excluding hydrogens is 606 g/mol. The lowest BCUT2D eigenvalue weighted by molar-refractivity contribution is 0.0963. The molecule has 3 aromatic rings. The number of amides is 5. The fourth-order valence-electron chi connectivity index (χ4n) is 4.73. The van der Waals surface area contributed by atoms with Gasteiger partial charge in [0.2, 0.25) is 10.0 Å². The Bertz CT molecular complexity index is 1640. The van der Waals surface area contributed by atoms with Crippen molar-refractivity contribution in [3.05, 3.63) is 81.7 Å². The minimum absolute atomic E-state index is 0.0370. The summed E-state index contributed by atoms with van der Waals surface area (Å²) in [6, 6.07) is 13.8. The molecule has 0 saturated heterocycles. The zero-order chi connectivity index (χ0) is 32.0. The van der Waals surface area contributed by atoms with Crippen LogP contribution in [0.1, 0.15) is 57.5 Å². The molecule has 44 heavy (non-hydrogen) atoms. The van der Waals surface area contributed by atoms with E-state index in [0.717, 1.165) is 16.9 Å². The Morgan fingerprint density at radius 2 is 1.70 bits per heavy atom. The number of sulfonamides is 1. The van der Waals surface area contributed by atoms with Crippen molar-refractivity contribution >= 4 is 50.3 Å². The zero-order valence-electron chi connectivity index (χ0n) is 24.9. The van der Waals surface area contributed by atoms with Crippen molar-refractivity contribution in [1.29, 1.82) is 0 Å². The molecule has 14 heteroatoms. The highest BCUT2D eigenvalue weighted by molar-refractivity contribution is 7.89. The number of carbonyl (C=O) groups is 4. The summed E-state index contributed by atoms with van der Waals surface area (Å²) in [6.07, 6.45) is -0.165. The van der Waals surface area contributed by atoms with E-state index in [9.17, 15) is 27.6 Å². The summed E-state index contributed by atoms with van der Waals surface area (Å²) in [5.41, 5.74) is 1.78. The maximum atomic E-state index is 13.5. The summed E-state index contributed by atoms with van der Waals surface area (Å²) in [4.78, 5) is 52.9. The number of hydrogen-bond acceptors (Lipinski definition) is 8. The van der Waals surface area contributed by atoms with Gasteiger partial charge in [0.25, 0.3) is 11.8 Å². The van der Waals surface area contributed by atoms with Crippen molar-refractivity contribution in [1.82, 2.24) is 19.8 Å². The molecule has 4 rings (SSSR count). The second kappa shape index (κ2) is 14.0. The number of imide groups is 1. The Balaban J connectivity index is 1.58. The minimum atomic E-state index is -3.88. The molecule has 5 amide bonds. The van der Waals surface area contributed by atoms with E-state index < -0.39 is 34.0 Å². The standard InChI is InChI=1S/C30H35N5O7S2/c1-5-42-30(39)34-16-15-23-24(18-34)43-28(25(23)27(37)33-29(38)31-4)32-26(36)21-11-13-22(14-12-21)44(40,41)35(19(2)3)17-20-9-7-6-8-10-20/h6-14,19H,5,15-18H2,1-4H3,(H,32,36)(H2,31,33,37,38). The van der Waals surface area contributed by atoms with Crippen molar-refractivity contribution < 1.29 is 32.3 Å². The second-order valence-electron chi connectivity index (χ2n) is 10.2. The third kappa shape index (κ3) is 7.26. The van der Waals surface area contributed by atoms with E-state index >= 15 is 0 Å². The van der Waals surface area contributed by atoms with Gasteiger partial charge in [0.15, 0.2) is 0 Å². The van der Waals surface area contributed by atoms with E-state index in [4.69, 9.17) is 4.74 Å². The highest BCUT2D eigenvalue weighted by Crippen LogP contribution is 2.37. The Kier molecular flexibility index (Phi) is 10.4. The fourth-order valence-corrected chi connectivity index (χ4v) is 7.61. The highest BCUT2D eigenvalue weighted by atomic mass is 32.2. The average Bonchev–Trinajstić information content (AvgIpc) is 3.37. The summed E-state index contributed by atoms with van der Waals surface area (Å²) >= 11 is 1.13. The number of carbonyl (C=O) groups excluding carboxylic acids is 4. The van der Waals surface area contributed by atoms with Crippen LogP contribution in [0, 0.1) is 0 Å². The van der Waals surface area contributed by atoms with Gasteiger partial charge < -0.3 is 20.3 Å². The Morgan fingerprint density at radius 3 is 2.32 bits per heavy atom. The van der Waals surface area contributed by atoms with Crippen LogP contribution in [0.5, 0.6) is 0 Å². The van der Waals surface area contributed by atoms with Crippen LogP contribution < -0.4 is 16.0 Å². The molecule has 1 aromatic heterocycles. The molecule has 0 atom stereocenters. The van der Waals surface area contributed by atoms with Crippen LogP contribution >= 0.6 is 11.3 Å². The predicted octanol–water partition coefficient (Wildman–Crippen LogP) is 4.18. The van der Waals surface area contributed by atoms with E-state index in [2.05, 4.69) is 16.0 Å². The molecule has 0 saturated carbocycles. The van der Waals surface area contributed by atoms with Crippen molar-refractivity contribution in [3.8, 4) is 0 Å². The maximum Gasteiger partial charge on any atom is 0.410 e. The third-order valence-corrected chi connectivity index (χ3v) is 10.1. The number of urea groups is 1. The lowest BCUT2D eigenvalue weighted by Crippen LogP contribution is -2.39. The Labute approximate surface area is 260 Å². The van der Waals surface area contributed by atoms with Gasteiger partial charge in [-0.05, 0) is 62.6 Å². The van der Waals surface area contributed by atoms with Crippen molar-refractivity contribution in [2.45, 2.75) is 51.2 Å². The Morgan fingerprint density at radius 1 is 1.02 bits per heavy atom. The van der Waals surface area contributed by atoms with Crippen molar-refractivity contribution in [3.63, 3.8) is 0 Å². The van der Waals surface area contributed by atoms with Gasteiger partial charge in [0.1, 0.15) is 5.00 Å². The van der Waals surface area contributed by atoms with Gasteiger partial charge in [-0.1, -0.05) is 30.3 Å². The first-order valence-electron chi connectivity index (χ1n) is 14.0. The number of rotatable bonds is 9. The molecule has 12 nitrogen and oxygen atoms in total.